The molecular formula is C37H46FN5O7S. The number of sulfonamides is 1. The van der Waals surface area contributed by atoms with Crippen LogP contribution in [0, 0.1) is 17.2 Å². The number of rotatable bonds is 11. The summed E-state index contributed by atoms with van der Waals surface area (Å²) in [6, 6.07) is 11.3. The smallest absolute Gasteiger partial charge is 0.408 e. The van der Waals surface area contributed by atoms with Crippen LogP contribution in [0.15, 0.2) is 61.2 Å². The van der Waals surface area contributed by atoms with E-state index in [2.05, 4.69) is 21.9 Å². The zero-order valence-electron chi connectivity index (χ0n) is 29.2. The van der Waals surface area contributed by atoms with Crippen molar-refractivity contribution in [3.8, 4) is 11.1 Å². The van der Waals surface area contributed by atoms with E-state index in [4.69, 9.17) is 4.74 Å². The molecule has 1 heterocycles. The minimum atomic E-state index is -3.89. The van der Waals surface area contributed by atoms with Crippen molar-refractivity contribution in [1.29, 1.82) is 0 Å². The van der Waals surface area contributed by atoms with Crippen molar-refractivity contribution in [3.63, 3.8) is 0 Å². The highest BCUT2D eigenvalue weighted by Crippen LogP contribution is 2.45. The fourth-order valence-electron chi connectivity index (χ4n) is 6.93. The lowest BCUT2D eigenvalue weighted by Gasteiger charge is -2.35. The number of anilines is 1. The first-order chi connectivity index (χ1) is 24.1. The summed E-state index contributed by atoms with van der Waals surface area (Å²) in [6.07, 6.45) is 5.10. The van der Waals surface area contributed by atoms with Crippen molar-refractivity contribution >= 4 is 39.5 Å². The molecule has 274 valence electrons. The van der Waals surface area contributed by atoms with Crippen molar-refractivity contribution in [2.45, 2.75) is 94.7 Å². The summed E-state index contributed by atoms with van der Waals surface area (Å²) >= 11 is 0. The van der Waals surface area contributed by atoms with Crippen LogP contribution in [0.1, 0.15) is 65.7 Å². The van der Waals surface area contributed by atoms with E-state index in [0.717, 1.165) is 36.8 Å². The quantitative estimate of drug-likeness (QED) is 0.292. The number of ether oxygens (including phenoxy) is 1. The molecule has 3 aliphatic carbocycles. The van der Waals surface area contributed by atoms with Crippen molar-refractivity contribution in [1.82, 2.24) is 20.3 Å². The lowest BCUT2D eigenvalue weighted by Crippen LogP contribution is -2.60. The van der Waals surface area contributed by atoms with Crippen molar-refractivity contribution in [3.05, 3.63) is 67.0 Å². The summed E-state index contributed by atoms with van der Waals surface area (Å²) in [5.74, 6) is -2.84. The Labute approximate surface area is 298 Å². The maximum absolute atomic E-state index is 14.5. The number of carbonyl (C=O) groups excluding carboxylic acids is 4. The second kappa shape index (κ2) is 13.9. The minimum absolute atomic E-state index is 0.0150. The Kier molecular flexibility index (Phi) is 9.92. The zero-order valence-corrected chi connectivity index (χ0v) is 30.0. The number of benzene rings is 2. The summed E-state index contributed by atoms with van der Waals surface area (Å²) in [4.78, 5) is 58.4. The summed E-state index contributed by atoms with van der Waals surface area (Å²) in [5, 5.41) is 4.93. The van der Waals surface area contributed by atoms with Gasteiger partial charge in [0, 0.05) is 18.2 Å². The van der Waals surface area contributed by atoms with Crippen LogP contribution in [0.2, 0.25) is 0 Å². The third-order valence-electron chi connectivity index (χ3n) is 10.3. The SMILES string of the molecule is C=C[C@@H]1C[C@]1(NC(=O)[C@@H]1CN(c2ccc(-c3ccc(F)cc3)cc2)CN1C(=O)C(NC(=O)OC1CCCC1)C(C)(C)C)C(=O)NS(=O)(=O)C1CC1. The molecule has 14 heteroatoms. The highest BCUT2D eigenvalue weighted by molar-refractivity contribution is 7.91. The van der Waals surface area contributed by atoms with E-state index < -0.39 is 68.0 Å². The van der Waals surface area contributed by atoms with Crippen molar-refractivity contribution in [2.24, 2.45) is 11.3 Å². The highest BCUT2D eigenvalue weighted by atomic mass is 32.2. The molecule has 0 bridgehead atoms. The molecule has 0 aromatic heterocycles. The third-order valence-corrected chi connectivity index (χ3v) is 12.1. The predicted octanol–water partition coefficient (Wildman–Crippen LogP) is 4.22. The number of hydrogen-bond donors (Lipinski definition) is 3. The molecule has 4 amide bonds. The molecule has 1 unspecified atom stereocenters. The molecule has 0 radical (unpaired) electrons. The van der Waals surface area contributed by atoms with Gasteiger partial charge in [0.2, 0.25) is 21.8 Å². The standard InChI is InChI=1S/C37H46FN5O7S/c1-5-25-20-37(25,34(46)41-51(48,49)29-18-19-29)40-32(44)30-21-42(27-16-12-24(13-17-27)23-10-14-26(38)15-11-23)22-43(30)33(45)31(36(2,3)4)39-35(47)50-28-8-6-7-9-28/h5,10-17,25,28-31H,1,6-9,18-22H2,2-4H3,(H,39,47)(H,40,44)(H,41,46)/t25-,30+,31?,37-/m1/s1. The predicted molar refractivity (Wildman–Crippen MR) is 189 cm³/mol. The van der Waals surface area contributed by atoms with E-state index in [-0.39, 0.29) is 31.6 Å². The molecule has 4 aliphatic rings. The first-order valence-electron chi connectivity index (χ1n) is 17.5. The second-order valence-corrected chi connectivity index (χ2v) is 17.1. The monoisotopic (exact) mass is 723 g/mol. The van der Waals surface area contributed by atoms with Crippen LogP contribution < -0.4 is 20.3 Å². The third kappa shape index (κ3) is 7.90. The first kappa shape index (κ1) is 36.3. The van der Waals surface area contributed by atoms with Gasteiger partial charge in [0.15, 0.2) is 0 Å². The lowest BCUT2D eigenvalue weighted by atomic mass is 9.85. The molecule has 4 fully saturated rings. The zero-order chi connectivity index (χ0) is 36.7. The number of alkyl carbamates (subject to hydrolysis) is 1. The van der Waals surface area contributed by atoms with Crippen LogP contribution in [-0.4, -0.2) is 79.3 Å². The Morgan fingerprint density at radius 1 is 0.980 bits per heavy atom. The van der Waals surface area contributed by atoms with E-state index in [0.29, 0.717) is 18.5 Å². The molecule has 6 rings (SSSR count). The Morgan fingerprint density at radius 2 is 1.59 bits per heavy atom. The molecule has 2 aromatic rings. The molecule has 51 heavy (non-hydrogen) atoms. The number of halogens is 1. The maximum Gasteiger partial charge on any atom is 0.408 e. The molecule has 1 aliphatic heterocycles. The minimum Gasteiger partial charge on any atom is -0.446 e. The van der Waals surface area contributed by atoms with Gasteiger partial charge in [-0.05, 0) is 85.8 Å². The van der Waals surface area contributed by atoms with Gasteiger partial charge >= 0.3 is 6.09 Å². The van der Waals surface area contributed by atoms with Gasteiger partial charge in [0.25, 0.3) is 5.91 Å². The lowest BCUT2D eigenvalue weighted by molar-refractivity contribution is -0.142. The number of amides is 4. The molecule has 3 N–H and O–H groups in total. The average molecular weight is 724 g/mol. The van der Waals surface area contributed by atoms with E-state index in [1.54, 1.807) is 32.9 Å². The fraction of sp³-hybridized carbons (Fsp3) is 0.514. The van der Waals surface area contributed by atoms with Crippen LogP contribution in [0.3, 0.4) is 0 Å². The summed E-state index contributed by atoms with van der Waals surface area (Å²) in [5.41, 5.74) is 0.0478. The Morgan fingerprint density at radius 3 is 2.14 bits per heavy atom. The largest absolute Gasteiger partial charge is 0.446 e. The molecular weight excluding hydrogens is 678 g/mol. The first-order valence-corrected chi connectivity index (χ1v) is 19.0. The fourth-order valence-corrected chi connectivity index (χ4v) is 8.30. The summed E-state index contributed by atoms with van der Waals surface area (Å²) in [7, 11) is -3.89. The van der Waals surface area contributed by atoms with Crippen LogP contribution in [-0.2, 0) is 29.1 Å². The van der Waals surface area contributed by atoms with E-state index >= 15 is 0 Å². The van der Waals surface area contributed by atoms with E-state index in [1.807, 2.05) is 29.2 Å². The van der Waals surface area contributed by atoms with Crippen molar-refractivity contribution < 1.29 is 36.7 Å². The van der Waals surface area contributed by atoms with Crippen LogP contribution >= 0.6 is 0 Å². The average Bonchev–Trinajstić information content (AvgIpc) is 3.96. The summed E-state index contributed by atoms with van der Waals surface area (Å²) in [6.45, 7) is 9.22. The molecule has 0 spiro atoms. The molecule has 2 aromatic carbocycles. The highest BCUT2D eigenvalue weighted by Gasteiger charge is 2.62. The van der Waals surface area contributed by atoms with E-state index in [9.17, 15) is 32.0 Å². The number of nitrogens with one attached hydrogen (secondary N) is 3. The van der Waals surface area contributed by atoms with Crippen molar-refractivity contribution in [2.75, 3.05) is 18.1 Å². The van der Waals surface area contributed by atoms with Crippen LogP contribution in [0.5, 0.6) is 0 Å². The molecule has 12 nitrogen and oxygen atoms in total. The maximum atomic E-state index is 14.5. The molecule has 1 saturated heterocycles. The normalized spacial score (nSPS) is 24.1. The Hall–Kier alpha value is -4.46. The second-order valence-electron chi connectivity index (χ2n) is 15.2. The van der Waals surface area contributed by atoms with Gasteiger partial charge in [-0.3, -0.25) is 19.1 Å². The summed E-state index contributed by atoms with van der Waals surface area (Å²) < 4.78 is 46.6. The topological polar surface area (TPSA) is 154 Å². The van der Waals surface area contributed by atoms with Gasteiger partial charge in [0.05, 0.1) is 11.9 Å². The number of nitrogens with zero attached hydrogens (tertiary/aromatic N) is 2. The Bertz CT molecular complexity index is 1790. The van der Waals surface area contributed by atoms with Gasteiger partial charge in [-0.25, -0.2) is 17.6 Å². The van der Waals surface area contributed by atoms with Crippen LogP contribution in [0.25, 0.3) is 11.1 Å². The number of hydrogen-bond acceptors (Lipinski definition) is 8. The van der Waals surface area contributed by atoms with Gasteiger partial charge in [-0.1, -0.05) is 51.1 Å². The van der Waals surface area contributed by atoms with E-state index in [1.165, 1.54) is 23.1 Å². The Balaban J connectivity index is 1.26. The van der Waals surface area contributed by atoms with Gasteiger partial charge in [-0.15, -0.1) is 6.58 Å². The van der Waals surface area contributed by atoms with Gasteiger partial charge < -0.3 is 25.2 Å². The van der Waals surface area contributed by atoms with Gasteiger partial charge in [0.1, 0.15) is 29.5 Å². The number of carbonyl (C=O) groups is 4. The van der Waals surface area contributed by atoms with Gasteiger partial charge in [-0.2, -0.15) is 0 Å². The molecule has 4 atom stereocenters. The molecule has 3 saturated carbocycles. The van der Waals surface area contributed by atoms with Crippen LogP contribution in [0.4, 0.5) is 14.9 Å².